The normalized spacial score (nSPS) is 13.8. The van der Waals surface area contributed by atoms with Crippen LogP contribution in [0.2, 0.25) is 0 Å². The molecule has 6 rings (SSSR count). The molecule has 0 atom stereocenters. The fourth-order valence-electron chi connectivity index (χ4n) is 7.32. The monoisotopic (exact) mass is 823 g/mol. The third kappa shape index (κ3) is 10.6. The Kier molecular flexibility index (Phi) is 13.0. The van der Waals surface area contributed by atoms with E-state index in [0.29, 0.717) is 58.7 Å². The first-order valence-electron chi connectivity index (χ1n) is 19.4. The minimum atomic E-state index is -3.64. The lowest BCUT2D eigenvalue weighted by Gasteiger charge is -2.28. The highest BCUT2D eigenvalue weighted by atomic mass is 32.2. The first-order valence-corrected chi connectivity index (χ1v) is 21.3. The van der Waals surface area contributed by atoms with E-state index in [2.05, 4.69) is 32.3 Å². The van der Waals surface area contributed by atoms with E-state index in [4.69, 9.17) is 18.9 Å². The molecule has 2 heterocycles. The van der Waals surface area contributed by atoms with Gasteiger partial charge in [0.05, 0.1) is 44.6 Å². The van der Waals surface area contributed by atoms with Crippen LogP contribution in [0.25, 0.3) is 10.8 Å². The van der Waals surface area contributed by atoms with Crippen LogP contribution < -0.4 is 34.3 Å². The molecule has 4 aromatic carbocycles. The van der Waals surface area contributed by atoms with Crippen molar-refractivity contribution in [3.63, 3.8) is 0 Å². The fraction of sp³-hybridized carbons (Fsp3) is 0.356. The zero-order valence-corrected chi connectivity index (χ0v) is 35.7. The number of piperidine rings is 1. The lowest BCUT2D eigenvalue weighted by atomic mass is 9.86. The number of benzene rings is 4. The molecule has 0 unspecified atom stereocenters. The smallest absolute Gasteiger partial charge is 0.323 e. The van der Waals surface area contributed by atoms with Crippen LogP contribution in [-0.2, 0) is 21.9 Å². The van der Waals surface area contributed by atoms with Gasteiger partial charge in [-0.25, -0.2) is 13.2 Å². The molecule has 1 aliphatic rings. The number of carbonyl (C=O) groups is 2. The van der Waals surface area contributed by atoms with Gasteiger partial charge in [-0.15, -0.1) is 0 Å². The molecule has 0 bridgehead atoms. The lowest BCUT2D eigenvalue weighted by Crippen LogP contribution is -2.31. The summed E-state index contributed by atoms with van der Waals surface area (Å²) in [6.45, 7) is 7.93. The molecule has 2 amide bonds. The van der Waals surface area contributed by atoms with E-state index in [0.717, 1.165) is 59.8 Å². The molecule has 1 fully saturated rings. The molecule has 1 aromatic heterocycles. The Morgan fingerprint density at radius 2 is 1.46 bits per heavy atom. The summed E-state index contributed by atoms with van der Waals surface area (Å²) in [6.07, 6.45) is 5.60. The standard InChI is InChI=1S/C45H53N5O8S/c1-45(2,3)30-25-36(43(57-7)37(26-30)49-59(8,53)54)48-44(52)47-35-13-14-39(34-12-10-9-11-33(34)35)58-32-15-18-46-31(27-32)21-29-23-40(55-5)42(41(24-29)56-6)38(51)22-28-16-19-50(4)20-17-28/h9-15,18,23-28,49H,16-17,19-22H2,1-8H3,(H2,47,48,52). The zero-order chi connectivity index (χ0) is 42.5. The van der Waals surface area contributed by atoms with Gasteiger partial charge in [-0.2, -0.15) is 0 Å². The van der Waals surface area contributed by atoms with Crippen LogP contribution in [0.1, 0.15) is 67.2 Å². The molecule has 13 nitrogen and oxygen atoms in total. The van der Waals surface area contributed by atoms with E-state index in [1.807, 2.05) is 63.2 Å². The molecule has 3 N–H and O–H groups in total. The lowest BCUT2D eigenvalue weighted by molar-refractivity contribution is 0.0930. The maximum atomic E-state index is 13.5. The Bertz CT molecular complexity index is 2430. The van der Waals surface area contributed by atoms with Gasteiger partial charge in [0.2, 0.25) is 10.0 Å². The first-order chi connectivity index (χ1) is 28.0. The van der Waals surface area contributed by atoms with E-state index in [9.17, 15) is 18.0 Å². The average molecular weight is 824 g/mol. The number of ether oxygens (including phenoxy) is 4. The number of urea groups is 1. The first kappa shape index (κ1) is 42.7. The van der Waals surface area contributed by atoms with Gasteiger partial charge in [0.1, 0.15) is 28.6 Å². The highest BCUT2D eigenvalue weighted by molar-refractivity contribution is 7.92. The fourth-order valence-corrected chi connectivity index (χ4v) is 7.87. The van der Waals surface area contributed by atoms with E-state index in [1.165, 1.54) is 7.11 Å². The number of nitrogens with zero attached hydrogens (tertiary/aromatic N) is 2. The largest absolute Gasteiger partial charge is 0.496 e. The SMILES string of the molecule is COc1cc(Cc2cc(Oc3ccc(NC(=O)Nc4cc(C(C)(C)C)cc(NS(C)(=O)=O)c4OC)c4ccccc34)ccn2)cc(OC)c1C(=O)CC1CCN(C)CC1. The third-order valence-electron chi connectivity index (χ3n) is 10.4. The van der Waals surface area contributed by atoms with E-state index >= 15 is 0 Å². The van der Waals surface area contributed by atoms with Gasteiger partial charge in [-0.3, -0.25) is 14.5 Å². The van der Waals surface area contributed by atoms with Crippen molar-refractivity contribution in [1.82, 2.24) is 9.88 Å². The van der Waals surface area contributed by atoms with Crippen molar-refractivity contribution in [3.05, 3.63) is 101 Å². The highest BCUT2D eigenvalue weighted by Crippen LogP contribution is 2.40. The number of likely N-dealkylation sites (tertiary alicyclic amines) is 1. The number of rotatable bonds is 14. The van der Waals surface area contributed by atoms with Gasteiger partial charge in [-0.05, 0) is 97.9 Å². The number of methoxy groups -OCH3 is 3. The highest BCUT2D eigenvalue weighted by Gasteiger charge is 2.26. The molecule has 1 aliphatic heterocycles. The summed E-state index contributed by atoms with van der Waals surface area (Å²) in [5.74, 6) is 2.61. The number of amides is 2. The van der Waals surface area contributed by atoms with Crippen LogP contribution in [0.15, 0.2) is 79.0 Å². The predicted octanol–water partition coefficient (Wildman–Crippen LogP) is 8.87. The van der Waals surface area contributed by atoms with Gasteiger partial charge in [-0.1, -0.05) is 45.0 Å². The van der Waals surface area contributed by atoms with Gasteiger partial charge in [0, 0.05) is 41.6 Å². The van der Waals surface area contributed by atoms with Crippen molar-refractivity contribution in [2.75, 3.05) is 63.1 Å². The summed E-state index contributed by atoms with van der Waals surface area (Å²) < 4.78 is 50.4. The maximum absolute atomic E-state index is 13.5. The molecule has 312 valence electrons. The Morgan fingerprint density at radius 3 is 2.08 bits per heavy atom. The summed E-state index contributed by atoms with van der Waals surface area (Å²) in [6, 6.07) is 21.4. The van der Waals surface area contributed by atoms with Gasteiger partial charge >= 0.3 is 6.03 Å². The molecule has 0 aliphatic carbocycles. The van der Waals surface area contributed by atoms with E-state index < -0.39 is 16.1 Å². The second-order valence-corrected chi connectivity index (χ2v) is 17.7. The zero-order valence-electron chi connectivity index (χ0n) is 34.9. The van der Waals surface area contributed by atoms with E-state index in [-0.39, 0.29) is 22.6 Å². The Balaban J connectivity index is 1.20. The molecule has 59 heavy (non-hydrogen) atoms. The topological polar surface area (TPSA) is 157 Å². The summed E-state index contributed by atoms with van der Waals surface area (Å²) >= 11 is 0. The molecular weight excluding hydrogens is 771 g/mol. The van der Waals surface area contributed by atoms with Crippen LogP contribution in [0, 0.1) is 5.92 Å². The minimum Gasteiger partial charge on any atom is -0.496 e. The maximum Gasteiger partial charge on any atom is 0.323 e. The molecular formula is C45H53N5O8S. The second-order valence-electron chi connectivity index (χ2n) is 16.0. The van der Waals surface area contributed by atoms with Crippen molar-refractivity contribution in [2.24, 2.45) is 5.92 Å². The van der Waals surface area contributed by atoms with Crippen LogP contribution in [0.5, 0.6) is 28.7 Å². The summed E-state index contributed by atoms with van der Waals surface area (Å²) in [5.41, 5.74) is 3.52. The van der Waals surface area contributed by atoms with Crippen LogP contribution in [-0.4, -0.2) is 77.8 Å². The molecule has 1 saturated heterocycles. The third-order valence-corrected chi connectivity index (χ3v) is 11.0. The van der Waals surface area contributed by atoms with Crippen LogP contribution in [0.4, 0.5) is 21.9 Å². The predicted molar refractivity (Wildman–Crippen MR) is 233 cm³/mol. The number of Topliss-reactive ketones (excluding diaryl/α,β-unsaturated/α-hetero) is 1. The number of ketones is 1. The number of carbonyl (C=O) groups excluding carboxylic acids is 2. The number of pyridine rings is 1. The van der Waals surface area contributed by atoms with E-state index in [1.54, 1.807) is 50.7 Å². The molecule has 0 spiro atoms. The number of hydrogen-bond donors (Lipinski definition) is 3. The number of sulfonamides is 1. The van der Waals surface area contributed by atoms with Crippen molar-refractivity contribution >= 4 is 49.7 Å². The second kappa shape index (κ2) is 18.0. The van der Waals surface area contributed by atoms with Crippen molar-refractivity contribution in [3.8, 4) is 28.7 Å². The molecule has 14 heteroatoms. The number of hydrogen-bond acceptors (Lipinski definition) is 10. The summed E-state index contributed by atoms with van der Waals surface area (Å²) in [5, 5.41) is 7.27. The molecule has 0 radical (unpaired) electrons. The van der Waals surface area contributed by atoms with Crippen molar-refractivity contribution in [2.45, 2.75) is 51.9 Å². The number of aromatic nitrogens is 1. The van der Waals surface area contributed by atoms with Crippen LogP contribution >= 0.6 is 0 Å². The van der Waals surface area contributed by atoms with Gasteiger partial charge in [0.25, 0.3) is 0 Å². The Morgan fingerprint density at radius 1 is 0.814 bits per heavy atom. The number of anilines is 3. The van der Waals surface area contributed by atoms with Crippen molar-refractivity contribution < 1.29 is 37.0 Å². The minimum absolute atomic E-state index is 0.0200. The number of nitrogens with one attached hydrogen (secondary N) is 3. The quantitative estimate of drug-likeness (QED) is 0.0925. The molecule has 0 saturated carbocycles. The van der Waals surface area contributed by atoms with Gasteiger partial charge in [0.15, 0.2) is 11.5 Å². The Hall–Kier alpha value is -5.86. The average Bonchev–Trinajstić information content (AvgIpc) is 3.18. The van der Waals surface area contributed by atoms with Crippen LogP contribution in [0.3, 0.4) is 0 Å². The van der Waals surface area contributed by atoms with Gasteiger partial charge < -0.3 is 34.5 Å². The van der Waals surface area contributed by atoms with Crippen molar-refractivity contribution in [1.29, 1.82) is 0 Å². The Labute approximate surface area is 346 Å². The summed E-state index contributed by atoms with van der Waals surface area (Å²) in [7, 11) is 3.00. The molecule has 5 aromatic rings. The summed E-state index contributed by atoms with van der Waals surface area (Å²) in [4.78, 5) is 34.0. The number of fused-ring (bicyclic) bond motifs is 1.